The van der Waals surface area contributed by atoms with Crippen molar-refractivity contribution in [3.63, 3.8) is 0 Å². The largest absolute Gasteiger partial charge is 1.00 e. The third-order valence-corrected chi connectivity index (χ3v) is 19.5. The zero-order chi connectivity index (χ0) is 69.2. The van der Waals surface area contributed by atoms with Gasteiger partial charge in [0.05, 0.1) is 33.5 Å². The van der Waals surface area contributed by atoms with Gasteiger partial charge in [0, 0.05) is 49.5 Å². The summed E-state index contributed by atoms with van der Waals surface area (Å²) in [5, 5.41) is 14.4. The molecule has 4 aromatic heterocycles. The van der Waals surface area contributed by atoms with Gasteiger partial charge >= 0.3 is 37.7 Å². The Morgan fingerprint density at radius 3 is 1.04 bits per heavy atom. The van der Waals surface area contributed by atoms with E-state index in [2.05, 4.69) is 365 Å². The van der Waals surface area contributed by atoms with Gasteiger partial charge in [0.15, 0.2) is 0 Å². The smallest absolute Gasteiger partial charge is 0.343 e. The van der Waals surface area contributed by atoms with Gasteiger partial charge < -0.3 is 6.92 Å². The van der Waals surface area contributed by atoms with Crippen LogP contribution in [-0.4, -0.2) is 19.9 Å². The number of hydrogen-bond acceptors (Lipinski definition) is 4. The van der Waals surface area contributed by atoms with Crippen molar-refractivity contribution in [3.8, 4) is 67.0 Å². The van der Waals surface area contributed by atoms with Crippen LogP contribution in [0.3, 0.4) is 0 Å². The molecule has 0 saturated heterocycles. The Kier molecular flexibility index (Phi) is 23.5. The van der Waals surface area contributed by atoms with Crippen LogP contribution in [0.15, 0.2) is 332 Å². The molecule has 0 saturated carbocycles. The second kappa shape index (κ2) is 33.5. The SMILES string of the molecule is Cc1cccc2ccc[c-]c12.Cc1cccc2cccc(-c3cc(-c4ccccc4)c4ccc5c(-c6ccccc6)cc(-c6cccc7cccc(C)c67)nc5c4n3)c12.Cc1cccc2cccc(Br)c12.[CH2-]CCC.[Li+].[Li+].c1ccc(-c2ccnc3c2ccc2c(-c4ccccc4)ccnc23)cc1. The van der Waals surface area contributed by atoms with Crippen LogP contribution >= 0.6 is 15.9 Å². The molecule has 0 amide bonds. The summed E-state index contributed by atoms with van der Waals surface area (Å²) in [5.74, 6) is 0. The second-order valence-electron chi connectivity index (χ2n) is 25.4. The summed E-state index contributed by atoms with van der Waals surface area (Å²) in [4.78, 5) is 20.4. The van der Waals surface area contributed by atoms with Gasteiger partial charge in [-0.2, -0.15) is 6.42 Å². The molecular formula is C96H75BrLi2N4. The number of pyridine rings is 4. The molecule has 0 bridgehead atoms. The zero-order valence-corrected chi connectivity index (χ0v) is 61.1. The van der Waals surface area contributed by atoms with Gasteiger partial charge in [-0.1, -0.05) is 297 Å². The summed E-state index contributed by atoms with van der Waals surface area (Å²) in [6.07, 6.45) is 6.03. The van der Waals surface area contributed by atoms with Gasteiger partial charge in [-0.25, -0.2) is 9.97 Å². The van der Waals surface area contributed by atoms with Crippen molar-refractivity contribution < 1.29 is 37.7 Å². The van der Waals surface area contributed by atoms with Crippen molar-refractivity contribution in [1.29, 1.82) is 0 Å². The number of aryl methyl sites for hydroxylation is 4. The zero-order valence-electron chi connectivity index (χ0n) is 59.5. The van der Waals surface area contributed by atoms with E-state index in [1.165, 1.54) is 98.5 Å². The third kappa shape index (κ3) is 15.5. The third-order valence-electron chi connectivity index (χ3n) is 18.8. The molecule has 0 unspecified atom stereocenters. The monoisotopic (exact) mass is 1380 g/mol. The van der Waals surface area contributed by atoms with E-state index in [0.29, 0.717) is 0 Å². The first kappa shape index (κ1) is 72.2. The molecule has 4 nitrogen and oxygen atoms in total. The molecule has 0 radical (unpaired) electrons. The van der Waals surface area contributed by atoms with E-state index in [4.69, 9.17) is 9.97 Å². The quantitative estimate of drug-likeness (QED) is 0.0906. The molecule has 103 heavy (non-hydrogen) atoms. The Bertz CT molecular complexity index is 5650. The van der Waals surface area contributed by atoms with E-state index in [1.54, 1.807) is 0 Å². The molecule has 18 rings (SSSR count). The number of hydrogen-bond donors (Lipinski definition) is 0. The van der Waals surface area contributed by atoms with E-state index < -0.39 is 0 Å². The second-order valence-corrected chi connectivity index (χ2v) is 26.3. The summed E-state index contributed by atoms with van der Waals surface area (Å²) < 4.78 is 1.18. The molecule has 4 heterocycles. The van der Waals surface area contributed by atoms with Crippen LogP contribution in [-0.2, 0) is 0 Å². The van der Waals surface area contributed by atoms with Gasteiger partial charge in [0.25, 0.3) is 0 Å². The first-order chi connectivity index (χ1) is 49.6. The first-order valence-electron chi connectivity index (χ1n) is 34.6. The summed E-state index contributed by atoms with van der Waals surface area (Å²) >= 11 is 3.55. The maximum absolute atomic E-state index is 5.54. The number of fused-ring (bicyclic) bond motifs is 10. The molecule has 0 N–H and O–H groups in total. The normalized spacial score (nSPS) is 10.8. The maximum atomic E-state index is 5.54. The van der Waals surface area contributed by atoms with Crippen molar-refractivity contribution in [2.24, 2.45) is 0 Å². The number of benzene rings is 14. The Morgan fingerprint density at radius 1 is 0.320 bits per heavy atom. The number of aromatic nitrogens is 4. The first-order valence-corrected chi connectivity index (χ1v) is 35.4. The molecule has 0 spiro atoms. The average Bonchev–Trinajstić information content (AvgIpc) is 0.539. The fourth-order valence-corrected chi connectivity index (χ4v) is 14.5. The molecule has 0 atom stereocenters. The van der Waals surface area contributed by atoms with Crippen LogP contribution in [0, 0.1) is 40.7 Å². The van der Waals surface area contributed by atoms with Crippen molar-refractivity contribution in [3.05, 3.63) is 368 Å². The minimum absolute atomic E-state index is 0. The van der Waals surface area contributed by atoms with E-state index in [0.717, 1.165) is 94.8 Å². The molecule has 0 aliphatic heterocycles. The summed E-state index contributed by atoms with van der Waals surface area (Å²) in [7, 11) is 0. The van der Waals surface area contributed by atoms with Gasteiger partial charge in [-0.3, -0.25) is 9.97 Å². The minimum atomic E-state index is 0. The van der Waals surface area contributed by atoms with E-state index in [-0.39, 0.29) is 37.7 Å². The minimum Gasteiger partial charge on any atom is -0.343 e. The molecule has 0 fully saturated rings. The van der Waals surface area contributed by atoms with Gasteiger partial charge in [0.2, 0.25) is 0 Å². The van der Waals surface area contributed by atoms with E-state index in [9.17, 15) is 0 Å². The van der Waals surface area contributed by atoms with Crippen LogP contribution in [0.1, 0.15) is 42.0 Å². The van der Waals surface area contributed by atoms with Crippen LogP contribution < -0.4 is 37.7 Å². The van der Waals surface area contributed by atoms with Crippen molar-refractivity contribution >= 4 is 103 Å². The number of unbranched alkanes of at least 4 members (excludes halogenated alkanes) is 1. The van der Waals surface area contributed by atoms with Crippen LogP contribution in [0.4, 0.5) is 0 Å². The summed E-state index contributed by atoms with van der Waals surface area (Å²) in [6, 6.07) is 114. The van der Waals surface area contributed by atoms with Crippen LogP contribution in [0.5, 0.6) is 0 Å². The number of halogens is 1. The Morgan fingerprint density at radius 2 is 0.650 bits per heavy atom. The van der Waals surface area contributed by atoms with Crippen LogP contribution in [0.25, 0.3) is 154 Å². The molecular weight excluding hydrogens is 1300 g/mol. The van der Waals surface area contributed by atoms with Gasteiger partial charge in [-0.15, -0.1) is 46.7 Å². The average molecular weight is 1380 g/mol. The standard InChI is InChI=1S/C46H32N2.C24H16N2.C11H9Br.C11H9.C4H9.2Li/c1-29-13-9-19-33-21-11-23-37(43(29)33)41-27-39(31-15-5-3-6-16-31)35-25-26-36-40(32-17-7-4-8-18-32)28-42(48-46(36)45(35)47-41)38-24-12-22-34-20-10-14-30(2)44(34)38;1-3-7-17(8-4-1)19-13-15-25-23-21(19)11-12-22-20(14-16-26-24(22)23)18-9-5-2-6-10-18;1-8-4-2-5-9-6-3-7-10(12)11(8)9;1-9-5-4-7-10-6-2-3-8-11(9)10;1-3-4-2;;/h3-28H,1-2H3;1-16H;2-7H,1H3;2-7H,1H3;1,3-4H2,2H3;;/q;;;2*-1;2*+1. The molecule has 18 aromatic rings. The molecule has 0 aliphatic rings. The van der Waals surface area contributed by atoms with Gasteiger partial charge in [0.1, 0.15) is 0 Å². The van der Waals surface area contributed by atoms with Gasteiger partial charge in [-0.05, 0) is 145 Å². The number of nitrogens with zero attached hydrogens (tertiary/aromatic N) is 4. The van der Waals surface area contributed by atoms with E-state index in [1.807, 2.05) is 36.7 Å². The molecule has 7 heteroatoms. The predicted octanol–water partition coefficient (Wildman–Crippen LogP) is 21.0. The number of rotatable bonds is 7. The topological polar surface area (TPSA) is 51.6 Å². The Labute approximate surface area is 637 Å². The van der Waals surface area contributed by atoms with Crippen molar-refractivity contribution in [1.82, 2.24) is 19.9 Å². The molecule has 0 aliphatic carbocycles. The molecule has 488 valence electrons. The Hall–Kier alpha value is -10.6. The predicted molar refractivity (Wildman–Crippen MR) is 435 cm³/mol. The Balaban J connectivity index is 0.000000150. The maximum Gasteiger partial charge on any atom is 1.00 e. The fourth-order valence-electron chi connectivity index (χ4n) is 13.8. The van der Waals surface area contributed by atoms with Crippen molar-refractivity contribution in [2.45, 2.75) is 47.5 Å². The van der Waals surface area contributed by atoms with Crippen molar-refractivity contribution in [2.75, 3.05) is 0 Å². The van der Waals surface area contributed by atoms with E-state index >= 15 is 0 Å². The summed E-state index contributed by atoms with van der Waals surface area (Å²) in [5.41, 5.74) is 22.3. The fraction of sp³-hybridized carbons (Fsp3) is 0.0729. The molecule has 14 aromatic carbocycles. The summed E-state index contributed by atoms with van der Waals surface area (Å²) in [6.45, 7) is 14.3. The van der Waals surface area contributed by atoms with Crippen LogP contribution in [0.2, 0.25) is 0 Å².